The summed E-state index contributed by atoms with van der Waals surface area (Å²) in [6.45, 7) is 2.46. The third-order valence-corrected chi connectivity index (χ3v) is 6.34. The molecule has 0 atom stereocenters. The van der Waals surface area contributed by atoms with Crippen LogP contribution in [0.4, 0.5) is 13.2 Å². The van der Waals surface area contributed by atoms with Gasteiger partial charge in [-0.25, -0.2) is 12.7 Å². The number of alkyl halides is 3. The Balaban J connectivity index is 2.06. The topological polar surface area (TPSA) is 49.7 Å². The molecule has 0 saturated heterocycles. The van der Waals surface area contributed by atoms with Gasteiger partial charge in [0, 0.05) is 5.75 Å². The van der Waals surface area contributed by atoms with Gasteiger partial charge in [-0.2, -0.15) is 13.2 Å². The molecular weight excluding hydrogens is 349 g/mol. The Morgan fingerprint density at radius 3 is 2.74 bits per heavy atom. The van der Waals surface area contributed by atoms with E-state index in [1.54, 1.807) is 13.0 Å². The van der Waals surface area contributed by atoms with Gasteiger partial charge in [-0.1, -0.05) is 36.9 Å². The number of hydrogen-bond acceptors (Lipinski definition) is 4. The van der Waals surface area contributed by atoms with Gasteiger partial charge >= 0.3 is 6.18 Å². The van der Waals surface area contributed by atoms with Crippen LogP contribution in [0, 0.1) is 0 Å². The molecule has 1 aromatic rings. The van der Waals surface area contributed by atoms with E-state index in [1.807, 2.05) is 0 Å². The quantitative estimate of drug-likeness (QED) is 0.803. The Hall–Kier alpha value is -1.22. The molecule has 4 nitrogen and oxygen atoms in total. The zero-order valence-electron chi connectivity index (χ0n) is 12.5. The van der Waals surface area contributed by atoms with Crippen LogP contribution in [0.5, 0.6) is 0 Å². The Morgan fingerprint density at radius 2 is 2.09 bits per heavy atom. The van der Waals surface area contributed by atoms with Crippen molar-refractivity contribution in [2.75, 3.05) is 18.8 Å². The zero-order valence-corrected chi connectivity index (χ0v) is 14.1. The summed E-state index contributed by atoms with van der Waals surface area (Å²) in [5, 5.41) is 0.357. The SMILES string of the molecule is CCCS(=O)(=O)N1CCN=C1SCc1cccc(C(F)(F)F)c1. The normalized spacial score (nSPS) is 15.8. The summed E-state index contributed by atoms with van der Waals surface area (Å²) < 4.78 is 63.6. The van der Waals surface area contributed by atoms with Gasteiger partial charge in [0.25, 0.3) is 0 Å². The predicted molar refractivity (Wildman–Crippen MR) is 85.8 cm³/mol. The maximum absolute atomic E-state index is 12.7. The maximum atomic E-state index is 12.7. The van der Waals surface area contributed by atoms with Crippen LogP contribution in [0.15, 0.2) is 29.3 Å². The number of aliphatic imine (C=N–C) groups is 1. The van der Waals surface area contributed by atoms with Crippen LogP contribution >= 0.6 is 11.8 Å². The highest BCUT2D eigenvalue weighted by atomic mass is 32.2. The van der Waals surface area contributed by atoms with Crippen molar-refractivity contribution in [3.63, 3.8) is 0 Å². The van der Waals surface area contributed by atoms with E-state index in [9.17, 15) is 21.6 Å². The molecule has 1 aromatic carbocycles. The second kappa shape index (κ2) is 7.12. The number of thioether (sulfide) groups is 1. The minimum Gasteiger partial charge on any atom is -0.260 e. The van der Waals surface area contributed by atoms with Gasteiger partial charge in [0.05, 0.1) is 24.4 Å². The van der Waals surface area contributed by atoms with E-state index < -0.39 is 21.8 Å². The number of amidine groups is 1. The minimum absolute atomic E-state index is 0.0378. The molecule has 2 rings (SSSR count). The zero-order chi connectivity index (χ0) is 17.1. The van der Waals surface area contributed by atoms with E-state index in [1.165, 1.54) is 10.4 Å². The summed E-state index contributed by atoms with van der Waals surface area (Å²) in [6.07, 6.45) is -3.88. The second-order valence-electron chi connectivity index (χ2n) is 5.04. The van der Waals surface area contributed by atoms with Gasteiger partial charge < -0.3 is 0 Å². The summed E-state index contributed by atoms with van der Waals surface area (Å²) in [4.78, 5) is 4.16. The van der Waals surface area contributed by atoms with Crippen molar-refractivity contribution in [2.45, 2.75) is 25.3 Å². The molecule has 1 aliphatic rings. The molecule has 0 N–H and O–H groups in total. The lowest BCUT2D eigenvalue weighted by molar-refractivity contribution is -0.137. The largest absolute Gasteiger partial charge is 0.416 e. The van der Waals surface area contributed by atoms with Crippen molar-refractivity contribution in [2.24, 2.45) is 4.99 Å². The molecule has 128 valence electrons. The predicted octanol–water partition coefficient (Wildman–Crippen LogP) is 3.35. The minimum atomic E-state index is -4.39. The average molecular weight is 366 g/mol. The molecule has 0 spiro atoms. The number of rotatable bonds is 5. The van der Waals surface area contributed by atoms with Crippen LogP contribution in [0.1, 0.15) is 24.5 Å². The van der Waals surface area contributed by atoms with Crippen molar-refractivity contribution in [3.05, 3.63) is 35.4 Å². The smallest absolute Gasteiger partial charge is 0.260 e. The maximum Gasteiger partial charge on any atom is 0.416 e. The molecule has 0 aromatic heterocycles. The second-order valence-corrected chi connectivity index (χ2v) is 7.99. The van der Waals surface area contributed by atoms with Crippen LogP contribution in [0.3, 0.4) is 0 Å². The first kappa shape index (κ1) is 18.1. The third kappa shape index (κ3) is 4.63. The Labute approximate surface area is 137 Å². The molecular formula is C14H17F3N2O2S2. The summed E-state index contributed by atoms with van der Waals surface area (Å²) in [5.41, 5.74) is -0.230. The van der Waals surface area contributed by atoms with Crippen LogP contribution in [-0.4, -0.2) is 36.7 Å². The Kier molecular flexibility index (Phi) is 5.61. The first-order valence-electron chi connectivity index (χ1n) is 7.08. The lowest BCUT2D eigenvalue weighted by atomic mass is 10.1. The lowest BCUT2D eigenvalue weighted by Crippen LogP contribution is -2.34. The summed E-state index contributed by atoms with van der Waals surface area (Å²) in [7, 11) is -3.39. The molecule has 0 fully saturated rings. The molecule has 1 heterocycles. The molecule has 23 heavy (non-hydrogen) atoms. The fraction of sp³-hybridized carbons (Fsp3) is 0.500. The van der Waals surface area contributed by atoms with Crippen molar-refractivity contribution in [1.82, 2.24) is 4.31 Å². The van der Waals surface area contributed by atoms with E-state index in [0.717, 1.165) is 23.9 Å². The highest BCUT2D eigenvalue weighted by Gasteiger charge is 2.31. The van der Waals surface area contributed by atoms with Gasteiger partial charge in [0.15, 0.2) is 5.17 Å². The van der Waals surface area contributed by atoms with E-state index in [2.05, 4.69) is 4.99 Å². The number of sulfonamides is 1. The summed E-state index contributed by atoms with van der Waals surface area (Å²) in [5.74, 6) is 0.275. The fourth-order valence-electron chi connectivity index (χ4n) is 2.14. The van der Waals surface area contributed by atoms with Crippen molar-refractivity contribution in [1.29, 1.82) is 0 Å². The Morgan fingerprint density at radius 1 is 1.35 bits per heavy atom. The van der Waals surface area contributed by atoms with Gasteiger partial charge in [0.1, 0.15) is 0 Å². The molecule has 0 aliphatic carbocycles. The highest BCUT2D eigenvalue weighted by molar-refractivity contribution is 8.14. The van der Waals surface area contributed by atoms with Gasteiger partial charge in [-0.3, -0.25) is 4.99 Å². The lowest BCUT2D eigenvalue weighted by Gasteiger charge is -2.19. The Bertz CT molecular complexity index is 688. The van der Waals surface area contributed by atoms with E-state index in [-0.39, 0.29) is 11.5 Å². The number of hydrogen-bond donors (Lipinski definition) is 0. The van der Waals surface area contributed by atoms with Crippen LogP contribution in [-0.2, 0) is 22.0 Å². The molecule has 0 unspecified atom stereocenters. The van der Waals surface area contributed by atoms with Crippen LogP contribution < -0.4 is 0 Å². The monoisotopic (exact) mass is 366 g/mol. The number of halogens is 3. The van der Waals surface area contributed by atoms with Gasteiger partial charge in [0.2, 0.25) is 10.0 Å². The third-order valence-electron chi connectivity index (χ3n) is 3.18. The van der Waals surface area contributed by atoms with E-state index >= 15 is 0 Å². The van der Waals surface area contributed by atoms with Crippen molar-refractivity contribution in [3.8, 4) is 0 Å². The molecule has 0 amide bonds. The summed E-state index contributed by atoms with van der Waals surface area (Å²) >= 11 is 1.15. The average Bonchev–Trinajstić information content (AvgIpc) is 2.94. The van der Waals surface area contributed by atoms with E-state index in [0.29, 0.717) is 30.2 Å². The number of nitrogens with zero attached hydrogens (tertiary/aromatic N) is 2. The molecule has 1 aliphatic heterocycles. The van der Waals surface area contributed by atoms with Crippen molar-refractivity contribution < 1.29 is 21.6 Å². The van der Waals surface area contributed by atoms with Crippen LogP contribution in [0.25, 0.3) is 0 Å². The van der Waals surface area contributed by atoms with Crippen LogP contribution in [0.2, 0.25) is 0 Å². The molecule has 9 heteroatoms. The molecule has 0 saturated carbocycles. The van der Waals surface area contributed by atoms with E-state index in [4.69, 9.17) is 0 Å². The standard InChI is InChI=1S/C14H17F3N2O2S2/c1-2-8-23(20,21)19-7-6-18-13(19)22-10-11-4-3-5-12(9-11)14(15,16)17/h3-5,9H,2,6-8,10H2,1H3. The first-order chi connectivity index (χ1) is 10.7. The fourth-order valence-corrected chi connectivity index (χ4v) is 4.92. The molecule has 0 bridgehead atoms. The highest BCUT2D eigenvalue weighted by Crippen LogP contribution is 2.31. The first-order valence-corrected chi connectivity index (χ1v) is 9.67. The van der Waals surface area contributed by atoms with Gasteiger partial charge in [-0.05, 0) is 18.1 Å². The molecule has 0 radical (unpaired) electrons. The summed E-state index contributed by atoms with van der Waals surface area (Å²) in [6, 6.07) is 5.02. The van der Waals surface area contributed by atoms with Crippen molar-refractivity contribution >= 4 is 27.0 Å². The number of benzene rings is 1. The van der Waals surface area contributed by atoms with Gasteiger partial charge in [-0.15, -0.1) is 0 Å².